The first-order valence-electron chi connectivity index (χ1n) is 8.20. The van der Waals surface area contributed by atoms with Crippen LogP contribution in [0.2, 0.25) is 0 Å². The molecule has 6 nitrogen and oxygen atoms in total. The maximum absolute atomic E-state index is 13.7. The molecule has 0 spiro atoms. The average Bonchev–Trinajstić information content (AvgIpc) is 2.61. The first kappa shape index (κ1) is 20.9. The van der Waals surface area contributed by atoms with Crippen molar-refractivity contribution in [2.75, 3.05) is 32.5 Å². The SMILES string of the molecule is CN(C)CCCNS(=O)(=O)c1cccc(C(=O)Nc2ccc(F)cc2F)c1. The summed E-state index contributed by atoms with van der Waals surface area (Å²) >= 11 is 0. The third kappa shape index (κ3) is 6.09. The maximum atomic E-state index is 13.7. The van der Waals surface area contributed by atoms with E-state index >= 15 is 0 Å². The van der Waals surface area contributed by atoms with Gasteiger partial charge in [0.15, 0.2) is 0 Å². The van der Waals surface area contributed by atoms with Crippen molar-refractivity contribution in [3.8, 4) is 0 Å². The molecule has 2 rings (SSSR count). The molecule has 2 N–H and O–H groups in total. The predicted octanol–water partition coefficient (Wildman–Crippen LogP) is 2.45. The van der Waals surface area contributed by atoms with Crippen molar-refractivity contribution >= 4 is 21.6 Å². The molecule has 27 heavy (non-hydrogen) atoms. The lowest BCUT2D eigenvalue weighted by Gasteiger charge is -2.11. The van der Waals surface area contributed by atoms with Crippen molar-refractivity contribution in [1.82, 2.24) is 9.62 Å². The van der Waals surface area contributed by atoms with Crippen LogP contribution in [0.25, 0.3) is 0 Å². The quantitative estimate of drug-likeness (QED) is 0.671. The summed E-state index contributed by atoms with van der Waals surface area (Å²) in [6.07, 6.45) is 0.635. The van der Waals surface area contributed by atoms with Crippen LogP contribution in [0.3, 0.4) is 0 Å². The standard InChI is InChI=1S/C18H21F2N3O3S/c1-23(2)10-4-9-21-27(25,26)15-6-3-5-13(11-15)18(24)22-17-8-7-14(19)12-16(17)20/h3,5-8,11-12,21H,4,9-10H2,1-2H3,(H,22,24). The molecule has 0 saturated carbocycles. The molecular formula is C18H21F2N3O3S. The summed E-state index contributed by atoms with van der Waals surface area (Å²) in [5.74, 6) is -2.39. The van der Waals surface area contributed by atoms with Gasteiger partial charge in [-0.2, -0.15) is 0 Å². The van der Waals surface area contributed by atoms with Gasteiger partial charge in [-0.3, -0.25) is 4.79 Å². The number of rotatable bonds is 8. The lowest BCUT2D eigenvalue weighted by molar-refractivity contribution is 0.102. The first-order chi connectivity index (χ1) is 12.7. The van der Waals surface area contributed by atoms with Gasteiger partial charge in [0, 0.05) is 18.2 Å². The molecule has 0 fully saturated rings. The predicted molar refractivity (Wildman–Crippen MR) is 99.1 cm³/mol. The molecule has 2 aromatic carbocycles. The van der Waals surface area contributed by atoms with Gasteiger partial charge in [0.2, 0.25) is 10.0 Å². The van der Waals surface area contributed by atoms with E-state index in [2.05, 4.69) is 10.0 Å². The molecule has 146 valence electrons. The Morgan fingerprint density at radius 2 is 1.85 bits per heavy atom. The zero-order valence-electron chi connectivity index (χ0n) is 15.0. The van der Waals surface area contributed by atoms with Crippen molar-refractivity contribution in [2.24, 2.45) is 0 Å². The molecule has 0 saturated heterocycles. The van der Waals surface area contributed by atoms with Crippen LogP contribution in [0.1, 0.15) is 16.8 Å². The maximum Gasteiger partial charge on any atom is 0.255 e. The van der Waals surface area contributed by atoms with Gasteiger partial charge in [-0.15, -0.1) is 0 Å². The second-order valence-corrected chi connectivity index (χ2v) is 7.93. The Labute approximate surface area is 157 Å². The topological polar surface area (TPSA) is 78.5 Å². The number of anilines is 1. The Balaban J connectivity index is 2.10. The van der Waals surface area contributed by atoms with Crippen molar-refractivity contribution in [2.45, 2.75) is 11.3 Å². The van der Waals surface area contributed by atoms with E-state index in [-0.39, 0.29) is 22.7 Å². The molecule has 1 amide bonds. The van der Waals surface area contributed by atoms with E-state index in [4.69, 9.17) is 0 Å². The molecule has 0 radical (unpaired) electrons. The molecule has 0 unspecified atom stereocenters. The van der Waals surface area contributed by atoms with Crippen molar-refractivity contribution < 1.29 is 22.0 Å². The van der Waals surface area contributed by atoms with Gasteiger partial charge < -0.3 is 10.2 Å². The third-order valence-electron chi connectivity index (χ3n) is 3.66. The molecule has 0 atom stereocenters. The van der Waals surface area contributed by atoms with E-state index in [1.807, 2.05) is 19.0 Å². The van der Waals surface area contributed by atoms with E-state index in [9.17, 15) is 22.0 Å². The molecule has 0 bridgehead atoms. The fourth-order valence-corrected chi connectivity index (χ4v) is 3.39. The van der Waals surface area contributed by atoms with Gasteiger partial charge in [0.05, 0.1) is 10.6 Å². The molecule has 0 aliphatic heterocycles. The van der Waals surface area contributed by atoms with Gasteiger partial charge >= 0.3 is 0 Å². The number of nitrogens with one attached hydrogen (secondary N) is 2. The third-order valence-corrected chi connectivity index (χ3v) is 5.12. The van der Waals surface area contributed by atoms with Gasteiger partial charge in [-0.25, -0.2) is 21.9 Å². The highest BCUT2D eigenvalue weighted by molar-refractivity contribution is 7.89. The van der Waals surface area contributed by atoms with E-state index < -0.39 is 27.6 Å². The highest BCUT2D eigenvalue weighted by Crippen LogP contribution is 2.17. The highest BCUT2D eigenvalue weighted by Gasteiger charge is 2.17. The Morgan fingerprint density at radius 1 is 1.11 bits per heavy atom. The van der Waals surface area contributed by atoms with Crippen LogP contribution in [-0.2, 0) is 10.0 Å². The molecule has 0 heterocycles. The second-order valence-electron chi connectivity index (χ2n) is 6.16. The average molecular weight is 397 g/mol. The minimum Gasteiger partial charge on any atom is -0.319 e. The van der Waals surface area contributed by atoms with Crippen LogP contribution in [0.15, 0.2) is 47.4 Å². The fourth-order valence-electron chi connectivity index (χ4n) is 2.27. The zero-order chi connectivity index (χ0) is 20.0. The van der Waals surface area contributed by atoms with Crippen LogP contribution in [-0.4, -0.2) is 46.4 Å². The largest absolute Gasteiger partial charge is 0.319 e. The molecule has 0 aliphatic rings. The monoisotopic (exact) mass is 397 g/mol. The Bertz CT molecular complexity index is 918. The summed E-state index contributed by atoms with van der Waals surface area (Å²) in [5.41, 5.74) is -0.161. The summed E-state index contributed by atoms with van der Waals surface area (Å²) in [6, 6.07) is 8.14. The summed E-state index contributed by atoms with van der Waals surface area (Å²) in [4.78, 5) is 14.1. The summed E-state index contributed by atoms with van der Waals surface area (Å²) in [5, 5.41) is 2.30. The van der Waals surface area contributed by atoms with Crippen molar-refractivity contribution in [3.05, 3.63) is 59.7 Å². The minimum atomic E-state index is -3.77. The number of carbonyl (C=O) groups excluding carboxylic acids is 1. The Hall–Kier alpha value is -2.36. The Kier molecular flexibility index (Phi) is 7.00. The van der Waals surface area contributed by atoms with Gasteiger partial charge in [0.1, 0.15) is 11.6 Å². The van der Waals surface area contributed by atoms with E-state index in [0.29, 0.717) is 12.5 Å². The lowest BCUT2D eigenvalue weighted by atomic mass is 10.2. The fraction of sp³-hybridized carbons (Fsp3) is 0.278. The lowest BCUT2D eigenvalue weighted by Crippen LogP contribution is -2.27. The number of carbonyl (C=O) groups is 1. The highest BCUT2D eigenvalue weighted by atomic mass is 32.2. The minimum absolute atomic E-state index is 0.0369. The van der Waals surface area contributed by atoms with Gasteiger partial charge in [-0.1, -0.05) is 6.07 Å². The van der Waals surface area contributed by atoms with Crippen LogP contribution in [0, 0.1) is 11.6 Å². The number of hydrogen-bond acceptors (Lipinski definition) is 4. The normalized spacial score (nSPS) is 11.6. The van der Waals surface area contributed by atoms with E-state index in [0.717, 1.165) is 18.7 Å². The summed E-state index contributed by atoms with van der Waals surface area (Å²) < 4.78 is 53.8. The van der Waals surface area contributed by atoms with E-state index in [1.54, 1.807) is 0 Å². The smallest absolute Gasteiger partial charge is 0.255 e. The van der Waals surface area contributed by atoms with Crippen LogP contribution >= 0.6 is 0 Å². The molecule has 2 aromatic rings. The molecule has 0 aliphatic carbocycles. The van der Waals surface area contributed by atoms with Crippen LogP contribution in [0.5, 0.6) is 0 Å². The number of amides is 1. The Morgan fingerprint density at radius 3 is 2.52 bits per heavy atom. The van der Waals surface area contributed by atoms with Gasteiger partial charge in [-0.05, 0) is 57.4 Å². The van der Waals surface area contributed by atoms with Crippen molar-refractivity contribution in [1.29, 1.82) is 0 Å². The zero-order valence-corrected chi connectivity index (χ0v) is 15.8. The summed E-state index contributed by atoms with van der Waals surface area (Å²) in [7, 11) is 0.00579. The molecule has 0 aromatic heterocycles. The van der Waals surface area contributed by atoms with E-state index in [1.165, 1.54) is 24.3 Å². The summed E-state index contributed by atoms with van der Waals surface area (Å²) in [6.45, 7) is 0.992. The van der Waals surface area contributed by atoms with Crippen LogP contribution < -0.4 is 10.0 Å². The number of sulfonamides is 1. The van der Waals surface area contributed by atoms with Gasteiger partial charge in [0.25, 0.3) is 5.91 Å². The second kappa shape index (κ2) is 9.03. The van der Waals surface area contributed by atoms with Crippen molar-refractivity contribution in [3.63, 3.8) is 0 Å². The molecule has 9 heteroatoms. The first-order valence-corrected chi connectivity index (χ1v) is 9.68. The number of hydrogen-bond donors (Lipinski definition) is 2. The molecular weight excluding hydrogens is 376 g/mol. The number of halogens is 2. The number of benzene rings is 2. The van der Waals surface area contributed by atoms with Crippen LogP contribution in [0.4, 0.5) is 14.5 Å². The number of nitrogens with zero attached hydrogens (tertiary/aromatic N) is 1.